The highest BCUT2D eigenvalue weighted by Crippen LogP contribution is 2.28. The first-order valence-corrected chi connectivity index (χ1v) is 6.23. The van der Waals surface area contributed by atoms with Gasteiger partial charge in [-0.15, -0.1) is 0 Å². The number of rotatable bonds is 5. The Morgan fingerprint density at radius 1 is 1.39 bits per heavy atom. The van der Waals surface area contributed by atoms with Crippen LogP contribution in [0.15, 0.2) is 24.3 Å². The summed E-state index contributed by atoms with van der Waals surface area (Å²) in [5.74, 6) is 0.181. The molecule has 1 aromatic carbocycles. The predicted molar refractivity (Wildman–Crippen MR) is 72.1 cm³/mol. The maximum Gasteiger partial charge on any atom is 0.225 e. The molecule has 0 aliphatic heterocycles. The highest BCUT2D eigenvalue weighted by molar-refractivity contribution is 5.78. The molecule has 1 rings (SSSR count). The Morgan fingerprint density at radius 2 is 2.00 bits per heavy atom. The molecule has 0 heterocycles. The minimum atomic E-state index is -0.154. The molecule has 4 nitrogen and oxygen atoms in total. The molecule has 0 aliphatic carbocycles. The summed E-state index contributed by atoms with van der Waals surface area (Å²) in [6, 6.07) is 6.93. The van der Waals surface area contributed by atoms with E-state index < -0.39 is 0 Å². The smallest absolute Gasteiger partial charge is 0.225 e. The van der Waals surface area contributed by atoms with Crippen molar-refractivity contribution < 1.29 is 9.90 Å². The number of para-hydroxylation sites is 1. The van der Waals surface area contributed by atoms with Crippen molar-refractivity contribution in [3.8, 4) is 5.75 Å². The number of amides is 1. The number of carbonyl (C=O) groups is 1. The minimum absolute atomic E-state index is 0.0520. The van der Waals surface area contributed by atoms with E-state index in [0.717, 1.165) is 5.56 Å². The van der Waals surface area contributed by atoms with E-state index in [2.05, 4.69) is 0 Å². The van der Waals surface area contributed by atoms with Gasteiger partial charge in [-0.05, 0) is 26.0 Å². The van der Waals surface area contributed by atoms with Gasteiger partial charge in [0.2, 0.25) is 5.91 Å². The molecule has 0 bridgehead atoms. The summed E-state index contributed by atoms with van der Waals surface area (Å²) < 4.78 is 0. The zero-order valence-corrected chi connectivity index (χ0v) is 11.3. The van der Waals surface area contributed by atoms with Gasteiger partial charge in [0.15, 0.2) is 0 Å². The van der Waals surface area contributed by atoms with Crippen LogP contribution < -0.4 is 5.73 Å². The Bertz CT molecular complexity index is 407. The number of hydrogen-bond donors (Lipinski definition) is 2. The number of phenols is 1. The van der Waals surface area contributed by atoms with Crippen molar-refractivity contribution in [1.29, 1.82) is 0 Å². The lowest BCUT2D eigenvalue weighted by Gasteiger charge is -2.28. The predicted octanol–water partition coefficient (Wildman–Crippen LogP) is 1.90. The first-order chi connectivity index (χ1) is 8.49. The monoisotopic (exact) mass is 250 g/mol. The van der Waals surface area contributed by atoms with Crippen LogP contribution in [0, 0.1) is 5.92 Å². The van der Waals surface area contributed by atoms with Crippen LogP contribution in [-0.2, 0) is 4.79 Å². The normalized spacial score (nSPS) is 14.0. The summed E-state index contributed by atoms with van der Waals surface area (Å²) in [5.41, 5.74) is 6.23. The second-order valence-corrected chi connectivity index (χ2v) is 4.66. The summed E-state index contributed by atoms with van der Waals surface area (Å²) >= 11 is 0. The Kier molecular flexibility index (Phi) is 5.16. The molecule has 3 N–H and O–H groups in total. The molecular formula is C14H22N2O2. The number of hydrogen-bond acceptors (Lipinski definition) is 3. The van der Waals surface area contributed by atoms with Crippen molar-refractivity contribution in [2.75, 3.05) is 13.6 Å². The summed E-state index contributed by atoms with van der Waals surface area (Å²) in [5, 5.41) is 9.80. The Balaban J connectivity index is 2.81. The zero-order chi connectivity index (χ0) is 13.7. The van der Waals surface area contributed by atoms with Crippen molar-refractivity contribution >= 4 is 5.91 Å². The van der Waals surface area contributed by atoms with Crippen LogP contribution in [0.1, 0.15) is 31.9 Å². The van der Waals surface area contributed by atoms with Gasteiger partial charge in [0.25, 0.3) is 0 Å². The molecular weight excluding hydrogens is 228 g/mol. The summed E-state index contributed by atoms with van der Waals surface area (Å²) in [4.78, 5) is 13.8. The third kappa shape index (κ3) is 3.23. The van der Waals surface area contributed by atoms with E-state index in [4.69, 9.17) is 5.73 Å². The van der Waals surface area contributed by atoms with Gasteiger partial charge in [-0.25, -0.2) is 0 Å². The maximum absolute atomic E-state index is 12.1. The van der Waals surface area contributed by atoms with Crippen LogP contribution >= 0.6 is 0 Å². The number of phenolic OH excluding ortho intramolecular Hbond substituents is 1. The zero-order valence-electron chi connectivity index (χ0n) is 11.3. The van der Waals surface area contributed by atoms with Crippen LogP contribution in [0.25, 0.3) is 0 Å². The van der Waals surface area contributed by atoms with Crippen LogP contribution in [0.3, 0.4) is 0 Å². The van der Waals surface area contributed by atoms with E-state index in [1.807, 2.05) is 26.0 Å². The molecule has 4 heteroatoms. The Labute approximate surface area is 108 Å². The second-order valence-electron chi connectivity index (χ2n) is 4.66. The number of aromatic hydroxyl groups is 1. The lowest BCUT2D eigenvalue weighted by molar-refractivity contribution is -0.135. The quantitative estimate of drug-likeness (QED) is 0.838. The summed E-state index contributed by atoms with van der Waals surface area (Å²) in [7, 11) is 1.76. The van der Waals surface area contributed by atoms with E-state index in [1.54, 1.807) is 24.1 Å². The molecule has 1 aromatic rings. The van der Waals surface area contributed by atoms with Gasteiger partial charge in [-0.1, -0.05) is 25.1 Å². The lowest BCUT2D eigenvalue weighted by atomic mass is 10.0. The van der Waals surface area contributed by atoms with Gasteiger partial charge >= 0.3 is 0 Å². The van der Waals surface area contributed by atoms with E-state index in [-0.39, 0.29) is 23.6 Å². The average molecular weight is 250 g/mol. The minimum Gasteiger partial charge on any atom is -0.508 e. The fraction of sp³-hybridized carbons (Fsp3) is 0.500. The molecule has 0 saturated carbocycles. The third-order valence-corrected chi connectivity index (χ3v) is 3.34. The van der Waals surface area contributed by atoms with Crippen LogP contribution in [0.5, 0.6) is 5.75 Å². The fourth-order valence-electron chi connectivity index (χ4n) is 1.96. The topological polar surface area (TPSA) is 66.6 Å². The van der Waals surface area contributed by atoms with E-state index >= 15 is 0 Å². The molecule has 18 heavy (non-hydrogen) atoms. The largest absolute Gasteiger partial charge is 0.508 e. The van der Waals surface area contributed by atoms with Crippen molar-refractivity contribution in [3.63, 3.8) is 0 Å². The highest BCUT2D eigenvalue weighted by atomic mass is 16.3. The number of carbonyl (C=O) groups excluding carboxylic acids is 1. The summed E-state index contributed by atoms with van der Waals surface area (Å²) in [6.45, 7) is 4.29. The van der Waals surface area contributed by atoms with E-state index in [1.165, 1.54) is 0 Å². The molecule has 0 radical (unpaired) electrons. The SMILES string of the molecule is CC(CCN)C(=O)N(C)C(C)c1ccccc1O. The molecule has 0 aliphatic rings. The first-order valence-electron chi connectivity index (χ1n) is 6.23. The maximum atomic E-state index is 12.1. The Hall–Kier alpha value is -1.55. The van der Waals surface area contributed by atoms with Crippen molar-refractivity contribution in [2.45, 2.75) is 26.3 Å². The van der Waals surface area contributed by atoms with E-state index in [9.17, 15) is 9.90 Å². The van der Waals surface area contributed by atoms with Gasteiger partial charge in [-0.3, -0.25) is 4.79 Å². The molecule has 2 atom stereocenters. The number of nitrogens with zero attached hydrogens (tertiary/aromatic N) is 1. The number of nitrogens with two attached hydrogens (primary N) is 1. The van der Waals surface area contributed by atoms with E-state index in [0.29, 0.717) is 13.0 Å². The standard InChI is InChI=1S/C14H22N2O2/c1-10(8-9-15)14(18)16(3)11(2)12-6-4-5-7-13(12)17/h4-7,10-11,17H,8-9,15H2,1-3H3. The van der Waals surface area contributed by atoms with Crippen LogP contribution in [-0.4, -0.2) is 29.5 Å². The van der Waals surface area contributed by atoms with Crippen molar-refractivity contribution in [1.82, 2.24) is 4.90 Å². The van der Waals surface area contributed by atoms with Gasteiger partial charge in [-0.2, -0.15) is 0 Å². The highest BCUT2D eigenvalue weighted by Gasteiger charge is 2.23. The fourth-order valence-corrected chi connectivity index (χ4v) is 1.96. The summed E-state index contributed by atoms with van der Waals surface area (Å²) in [6.07, 6.45) is 0.677. The van der Waals surface area contributed by atoms with Crippen molar-refractivity contribution in [2.24, 2.45) is 11.7 Å². The van der Waals surface area contributed by atoms with Gasteiger partial charge < -0.3 is 15.7 Å². The average Bonchev–Trinajstić information content (AvgIpc) is 2.37. The molecule has 2 unspecified atom stereocenters. The molecule has 1 amide bonds. The van der Waals surface area contributed by atoms with Gasteiger partial charge in [0.1, 0.15) is 5.75 Å². The molecule has 100 valence electrons. The number of benzene rings is 1. The molecule has 0 fully saturated rings. The molecule has 0 spiro atoms. The third-order valence-electron chi connectivity index (χ3n) is 3.34. The lowest BCUT2D eigenvalue weighted by Crippen LogP contribution is -2.34. The molecule has 0 saturated heterocycles. The van der Waals surface area contributed by atoms with Crippen molar-refractivity contribution in [3.05, 3.63) is 29.8 Å². The van der Waals surface area contributed by atoms with Crippen LogP contribution in [0.2, 0.25) is 0 Å². The first kappa shape index (κ1) is 14.5. The Morgan fingerprint density at radius 3 is 2.56 bits per heavy atom. The van der Waals surface area contributed by atoms with Gasteiger partial charge in [0, 0.05) is 18.5 Å². The van der Waals surface area contributed by atoms with Gasteiger partial charge in [0.05, 0.1) is 6.04 Å². The van der Waals surface area contributed by atoms with Crippen LogP contribution in [0.4, 0.5) is 0 Å². The molecule has 0 aromatic heterocycles. The second kappa shape index (κ2) is 6.40.